The molecule has 5 nitrogen and oxygen atoms in total. The second kappa shape index (κ2) is 4.65. The van der Waals surface area contributed by atoms with Crippen LogP contribution in [-0.4, -0.2) is 25.3 Å². The summed E-state index contributed by atoms with van der Waals surface area (Å²) >= 11 is 0. The third-order valence-corrected chi connectivity index (χ3v) is 2.31. The minimum absolute atomic E-state index is 0.0611. The van der Waals surface area contributed by atoms with E-state index in [1.54, 1.807) is 12.4 Å². The normalized spacial score (nSPS) is 10.3. The summed E-state index contributed by atoms with van der Waals surface area (Å²) in [5.74, 6) is 0.701. The Morgan fingerprint density at radius 1 is 1.31 bits per heavy atom. The first-order valence-electron chi connectivity index (χ1n) is 5.10. The second-order valence-corrected chi connectivity index (χ2v) is 3.32. The van der Waals surface area contributed by atoms with Crippen LogP contribution < -0.4 is 0 Å². The quantitative estimate of drug-likeness (QED) is 0.718. The molecule has 0 saturated heterocycles. The van der Waals surface area contributed by atoms with Crippen molar-refractivity contribution in [2.24, 2.45) is 0 Å². The third-order valence-electron chi connectivity index (χ3n) is 2.31. The van der Waals surface area contributed by atoms with E-state index >= 15 is 0 Å². The van der Waals surface area contributed by atoms with Crippen molar-refractivity contribution in [3.05, 3.63) is 42.5 Å². The first-order valence-corrected chi connectivity index (χ1v) is 5.10. The number of imidazole rings is 1. The number of ketones is 1. The number of carbonyl (C=O) groups excluding carboxylic acids is 1. The number of carbonyl (C=O) groups is 1. The Morgan fingerprint density at radius 2 is 2.19 bits per heavy atom. The molecule has 0 unspecified atom stereocenters. The van der Waals surface area contributed by atoms with Crippen molar-refractivity contribution in [1.29, 1.82) is 0 Å². The van der Waals surface area contributed by atoms with Gasteiger partial charge in [0.15, 0.2) is 5.78 Å². The van der Waals surface area contributed by atoms with Gasteiger partial charge in [0.1, 0.15) is 11.5 Å². The van der Waals surface area contributed by atoms with E-state index in [0.717, 1.165) is 12.4 Å². The zero-order valence-electron chi connectivity index (χ0n) is 9.00. The zero-order chi connectivity index (χ0) is 11.4. The van der Waals surface area contributed by atoms with Gasteiger partial charge in [-0.25, -0.2) is 9.97 Å². The van der Waals surface area contributed by atoms with Crippen LogP contribution in [0.3, 0.4) is 0 Å². The maximum atomic E-state index is 11.8. The summed E-state index contributed by atoms with van der Waals surface area (Å²) < 4.78 is 1.94. The standard InChI is InChI=1S/C11H12N4O/c1-2-15-6-5-14-11(15)7-10(16)9-8-12-3-4-13-9/h3-6,8H,2,7H2,1H3. The number of aryl methyl sites for hydroxylation is 1. The number of hydrogen-bond donors (Lipinski definition) is 0. The Balaban J connectivity index is 2.14. The van der Waals surface area contributed by atoms with Crippen molar-refractivity contribution < 1.29 is 4.79 Å². The first kappa shape index (κ1) is 10.5. The summed E-state index contributed by atoms with van der Waals surface area (Å²) in [4.78, 5) is 23.8. The molecular weight excluding hydrogens is 204 g/mol. The van der Waals surface area contributed by atoms with E-state index < -0.39 is 0 Å². The van der Waals surface area contributed by atoms with Gasteiger partial charge in [-0.15, -0.1) is 0 Å². The highest BCUT2D eigenvalue weighted by Gasteiger charge is 2.11. The van der Waals surface area contributed by atoms with Crippen LogP contribution in [0.2, 0.25) is 0 Å². The topological polar surface area (TPSA) is 60.7 Å². The van der Waals surface area contributed by atoms with Crippen molar-refractivity contribution in [2.75, 3.05) is 0 Å². The fourth-order valence-corrected chi connectivity index (χ4v) is 1.47. The lowest BCUT2D eigenvalue weighted by molar-refractivity contribution is 0.0984. The van der Waals surface area contributed by atoms with E-state index in [-0.39, 0.29) is 12.2 Å². The van der Waals surface area contributed by atoms with E-state index in [2.05, 4.69) is 15.0 Å². The van der Waals surface area contributed by atoms with Gasteiger partial charge in [0.05, 0.1) is 12.6 Å². The van der Waals surface area contributed by atoms with Crippen molar-refractivity contribution in [2.45, 2.75) is 19.9 Å². The fourth-order valence-electron chi connectivity index (χ4n) is 1.47. The highest BCUT2D eigenvalue weighted by Crippen LogP contribution is 2.03. The van der Waals surface area contributed by atoms with Gasteiger partial charge >= 0.3 is 0 Å². The summed E-state index contributed by atoms with van der Waals surface area (Å²) in [6.45, 7) is 2.82. The Bertz CT molecular complexity index is 478. The Labute approximate surface area is 93.2 Å². The molecule has 2 aromatic rings. The Hall–Kier alpha value is -2.04. The molecule has 0 fully saturated rings. The predicted molar refractivity (Wildman–Crippen MR) is 58.0 cm³/mol. The van der Waals surface area contributed by atoms with Crippen molar-refractivity contribution in [3.63, 3.8) is 0 Å². The lowest BCUT2D eigenvalue weighted by Gasteiger charge is -2.03. The van der Waals surface area contributed by atoms with Crippen LogP contribution in [-0.2, 0) is 13.0 Å². The van der Waals surface area contributed by atoms with Crippen LogP contribution >= 0.6 is 0 Å². The lowest BCUT2D eigenvalue weighted by atomic mass is 10.2. The van der Waals surface area contributed by atoms with Gasteiger partial charge in [-0.05, 0) is 6.92 Å². The molecule has 82 valence electrons. The molecule has 0 aliphatic rings. The monoisotopic (exact) mass is 216 g/mol. The van der Waals surface area contributed by atoms with E-state index in [1.165, 1.54) is 12.4 Å². The molecule has 2 rings (SSSR count). The molecule has 0 aliphatic carbocycles. The summed E-state index contributed by atoms with van der Waals surface area (Å²) in [5.41, 5.74) is 0.383. The Kier molecular flexibility index (Phi) is 3.05. The fraction of sp³-hybridized carbons (Fsp3) is 0.273. The Morgan fingerprint density at radius 3 is 2.88 bits per heavy atom. The van der Waals surface area contributed by atoms with E-state index in [4.69, 9.17) is 0 Å². The van der Waals surface area contributed by atoms with Gasteiger partial charge in [-0.2, -0.15) is 0 Å². The van der Waals surface area contributed by atoms with E-state index in [0.29, 0.717) is 5.69 Å². The van der Waals surface area contributed by atoms with Crippen LogP contribution in [0.5, 0.6) is 0 Å². The van der Waals surface area contributed by atoms with Crippen LogP contribution in [0.1, 0.15) is 23.2 Å². The molecule has 2 aromatic heterocycles. The molecule has 0 saturated carbocycles. The average molecular weight is 216 g/mol. The summed E-state index contributed by atoms with van der Waals surface area (Å²) in [6, 6.07) is 0. The average Bonchev–Trinajstić information content (AvgIpc) is 2.77. The molecule has 0 amide bonds. The highest BCUT2D eigenvalue weighted by molar-refractivity contribution is 5.95. The highest BCUT2D eigenvalue weighted by atomic mass is 16.1. The number of hydrogen-bond acceptors (Lipinski definition) is 4. The molecule has 2 heterocycles. The van der Waals surface area contributed by atoms with Crippen molar-refractivity contribution in [1.82, 2.24) is 19.5 Å². The van der Waals surface area contributed by atoms with Crippen LogP contribution in [0.15, 0.2) is 31.0 Å². The lowest BCUT2D eigenvalue weighted by Crippen LogP contribution is -2.11. The number of nitrogens with zero attached hydrogens (tertiary/aromatic N) is 4. The maximum Gasteiger partial charge on any atom is 0.190 e. The van der Waals surface area contributed by atoms with Gasteiger partial charge in [0, 0.05) is 31.3 Å². The molecule has 16 heavy (non-hydrogen) atoms. The van der Waals surface area contributed by atoms with Crippen LogP contribution in [0, 0.1) is 0 Å². The molecule has 0 aliphatic heterocycles. The maximum absolute atomic E-state index is 11.8. The summed E-state index contributed by atoms with van der Waals surface area (Å²) in [6.07, 6.45) is 8.35. The summed E-state index contributed by atoms with van der Waals surface area (Å²) in [5, 5.41) is 0. The largest absolute Gasteiger partial charge is 0.335 e. The molecule has 0 aromatic carbocycles. The molecule has 0 bridgehead atoms. The second-order valence-electron chi connectivity index (χ2n) is 3.32. The van der Waals surface area contributed by atoms with E-state index in [1.807, 2.05) is 17.7 Å². The molecule has 0 N–H and O–H groups in total. The zero-order valence-corrected chi connectivity index (χ0v) is 9.00. The number of Topliss-reactive ketones (excluding diaryl/α,β-unsaturated/α-hetero) is 1. The van der Waals surface area contributed by atoms with Gasteiger partial charge in [0.2, 0.25) is 0 Å². The van der Waals surface area contributed by atoms with Gasteiger partial charge in [0.25, 0.3) is 0 Å². The van der Waals surface area contributed by atoms with Crippen molar-refractivity contribution >= 4 is 5.78 Å². The van der Waals surface area contributed by atoms with Crippen LogP contribution in [0.25, 0.3) is 0 Å². The minimum Gasteiger partial charge on any atom is -0.335 e. The molecule has 0 spiro atoms. The van der Waals surface area contributed by atoms with Crippen LogP contribution in [0.4, 0.5) is 0 Å². The smallest absolute Gasteiger partial charge is 0.190 e. The van der Waals surface area contributed by atoms with Gasteiger partial charge < -0.3 is 4.57 Å². The number of aromatic nitrogens is 4. The molecule has 0 atom stereocenters. The SMILES string of the molecule is CCn1ccnc1CC(=O)c1cnccn1. The van der Waals surface area contributed by atoms with Gasteiger partial charge in [-0.1, -0.05) is 0 Å². The molecule has 0 radical (unpaired) electrons. The third kappa shape index (κ3) is 2.13. The molecular formula is C11H12N4O. The molecule has 5 heteroatoms. The predicted octanol–water partition coefficient (Wildman–Crippen LogP) is 1.12. The minimum atomic E-state index is -0.0611. The van der Waals surface area contributed by atoms with Crippen molar-refractivity contribution in [3.8, 4) is 0 Å². The first-order chi connectivity index (χ1) is 7.81. The number of rotatable bonds is 4. The van der Waals surface area contributed by atoms with E-state index in [9.17, 15) is 4.79 Å². The van der Waals surface area contributed by atoms with Gasteiger partial charge in [-0.3, -0.25) is 9.78 Å². The summed E-state index contributed by atoms with van der Waals surface area (Å²) in [7, 11) is 0.